The van der Waals surface area contributed by atoms with Crippen LogP contribution in [0.5, 0.6) is 0 Å². The zero-order valence-electron chi connectivity index (χ0n) is 21.4. The van der Waals surface area contributed by atoms with Crippen LogP contribution in [-0.2, 0) is 0 Å². The van der Waals surface area contributed by atoms with Gasteiger partial charge >= 0.3 is 0 Å². The molecule has 0 saturated carbocycles. The van der Waals surface area contributed by atoms with Crippen LogP contribution in [0, 0.1) is 5.92 Å². The molecule has 32 heavy (non-hydrogen) atoms. The number of likely N-dealkylation sites (N-methyl/N-ethyl adjacent to an activating group) is 1. The maximum atomic E-state index is 13.4. The number of nitrogens with one attached hydrogen (secondary N) is 1. The average Bonchev–Trinajstić information content (AvgIpc) is 2.81. The van der Waals surface area contributed by atoms with Crippen molar-refractivity contribution in [2.24, 2.45) is 5.92 Å². The third-order valence-corrected chi connectivity index (χ3v) is 7.00. The van der Waals surface area contributed by atoms with Crippen LogP contribution in [0.25, 0.3) is 0 Å². The number of rotatable bonds is 16. The number of benzene rings is 1. The highest BCUT2D eigenvalue weighted by Crippen LogP contribution is 2.24. The highest BCUT2D eigenvalue weighted by atomic mass is 16.1. The summed E-state index contributed by atoms with van der Waals surface area (Å²) in [5.41, 5.74) is 1.99. The van der Waals surface area contributed by atoms with Gasteiger partial charge in [0.1, 0.15) is 0 Å². The molecule has 0 amide bonds. The molecule has 0 bridgehead atoms. The SMILES string of the molecule is CCCCCCCCCCC(C)CNC(CC)C(=O)c1ccccc1N1CCN(C)CC1. The van der Waals surface area contributed by atoms with Crippen LogP contribution >= 0.6 is 0 Å². The van der Waals surface area contributed by atoms with Crippen LogP contribution in [0.4, 0.5) is 5.69 Å². The second-order valence-electron chi connectivity index (χ2n) is 9.91. The molecule has 182 valence electrons. The zero-order valence-corrected chi connectivity index (χ0v) is 21.4. The van der Waals surface area contributed by atoms with Gasteiger partial charge in [-0.2, -0.15) is 0 Å². The van der Waals surface area contributed by atoms with E-state index in [-0.39, 0.29) is 11.8 Å². The summed E-state index contributed by atoms with van der Waals surface area (Å²) >= 11 is 0. The molecule has 4 nitrogen and oxygen atoms in total. The third-order valence-electron chi connectivity index (χ3n) is 7.00. The van der Waals surface area contributed by atoms with Crippen molar-refractivity contribution in [3.8, 4) is 0 Å². The summed E-state index contributed by atoms with van der Waals surface area (Å²) in [6.07, 6.45) is 13.0. The number of hydrogen-bond acceptors (Lipinski definition) is 4. The van der Waals surface area contributed by atoms with Crippen LogP contribution in [0.1, 0.15) is 95.3 Å². The number of Topliss-reactive ketones (excluding diaryl/α,β-unsaturated/α-hetero) is 1. The molecular formula is C28H49N3O. The topological polar surface area (TPSA) is 35.6 Å². The lowest BCUT2D eigenvalue weighted by molar-refractivity contribution is 0.0938. The second kappa shape index (κ2) is 15.4. The predicted octanol–water partition coefficient (Wildman–Crippen LogP) is 6.16. The molecule has 1 aromatic rings. The van der Waals surface area contributed by atoms with E-state index in [1.807, 2.05) is 12.1 Å². The van der Waals surface area contributed by atoms with Gasteiger partial charge in [-0.1, -0.05) is 84.3 Å². The standard InChI is InChI=1S/C28H49N3O/c1-5-7-8-9-10-11-12-13-16-24(3)23-29-26(6-2)28(32)25-17-14-15-18-27(25)31-21-19-30(4)20-22-31/h14-15,17-18,24,26,29H,5-13,16,19-23H2,1-4H3. The van der Waals surface area contributed by atoms with Gasteiger partial charge in [0, 0.05) is 37.4 Å². The van der Waals surface area contributed by atoms with E-state index in [1.54, 1.807) is 0 Å². The predicted molar refractivity (Wildman–Crippen MR) is 139 cm³/mol. The van der Waals surface area contributed by atoms with Crippen molar-refractivity contribution in [3.05, 3.63) is 29.8 Å². The molecule has 0 spiro atoms. The van der Waals surface area contributed by atoms with E-state index in [9.17, 15) is 4.79 Å². The van der Waals surface area contributed by atoms with E-state index >= 15 is 0 Å². The van der Waals surface area contributed by atoms with E-state index < -0.39 is 0 Å². The normalized spacial score (nSPS) is 16.8. The molecule has 0 aliphatic carbocycles. The summed E-state index contributed by atoms with van der Waals surface area (Å²) in [6.45, 7) is 11.7. The number of hydrogen-bond donors (Lipinski definition) is 1. The lowest BCUT2D eigenvalue weighted by atomic mass is 9.97. The van der Waals surface area contributed by atoms with Crippen molar-refractivity contribution >= 4 is 11.5 Å². The van der Waals surface area contributed by atoms with E-state index in [1.165, 1.54) is 57.8 Å². The molecule has 2 unspecified atom stereocenters. The summed E-state index contributed by atoms with van der Waals surface area (Å²) in [7, 11) is 2.17. The molecule has 1 saturated heterocycles. The number of nitrogens with zero attached hydrogens (tertiary/aromatic N) is 2. The summed E-state index contributed by atoms with van der Waals surface area (Å²) in [6, 6.07) is 8.11. The van der Waals surface area contributed by atoms with Crippen molar-refractivity contribution in [2.75, 3.05) is 44.7 Å². The summed E-state index contributed by atoms with van der Waals surface area (Å²) < 4.78 is 0. The molecule has 2 atom stereocenters. The number of anilines is 1. The van der Waals surface area contributed by atoms with Gasteiger partial charge in [0.2, 0.25) is 0 Å². The number of carbonyl (C=O) groups is 1. The van der Waals surface area contributed by atoms with E-state index in [2.05, 4.69) is 55.1 Å². The first-order valence-corrected chi connectivity index (χ1v) is 13.4. The molecule has 1 aliphatic rings. The number of unbranched alkanes of at least 4 members (excludes halogenated alkanes) is 7. The molecule has 4 heteroatoms. The van der Waals surface area contributed by atoms with Crippen LogP contribution in [0.3, 0.4) is 0 Å². The number of ketones is 1. The Morgan fingerprint density at radius 1 is 0.938 bits per heavy atom. The molecule has 1 aliphatic heterocycles. The zero-order chi connectivity index (χ0) is 23.2. The largest absolute Gasteiger partial charge is 0.368 e. The second-order valence-corrected chi connectivity index (χ2v) is 9.91. The maximum Gasteiger partial charge on any atom is 0.181 e. The Morgan fingerprint density at radius 2 is 1.56 bits per heavy atom. The molecule has 0 radical (unpaired) electrons. The van der Waals surface area contributed by atoms with Crippen molar-refractivity contribution in [2.45, 2.75) is 91.0 Å². The maximum absolute atomic E-state index is 13.4. The molecule has 2 rings (SSSR count). The first kappa shape index (κ1) is 26.9. The quantitative estimate of drug-likeness (QED) is 0.245. The fourth-order valence-electron chi connectivity index (χ4n) is 4.69. The first-order chi connectivity index (χ1) is 15.6. The van der Waals surface area contributed by atoms with Gasteiger partial charge in [-0.15, -0.1) is 0 Å². The van der Waals surface area contributed by atoms with Crippen LogP contribution in [0.2, 0.25) is 0 Å². The average molecular weight is 444 g/mol. The van der Waals surface area contributed by atoms with Gasteiger partial charge in [-0.3, -0.25) is 4.79 Å². The van der Waals surface area contributed by atoms with E-state index in [0.29, 0.717) is 5.92 Å². The minimum atomic E-state index is -0.0929. The van der Waals surface area contributed by atoms with Crippen LogP contribution in [0.15, 0.2) is 24.3 Å². The number of piperazine rings is 1. The van der Waals surface area contributed by atoms with Gasteiger partial charge in [0.05, 0.1) is 6.04 Å². The smallest absolute Gasteiger partial charge is 0.181 e. The van der Waals surface area contributed by atoms with Crippen molar-refractivity contribution < 1.29 is 4.79 Å². The Hall–Kier alpha value is -1.39. The Labute approximate surface area is 198 Å². The Bertz CT molecular complexity index is 639. The van der Waals surface area contributed by atoms with Crippen molar-refractivity contribution in [1.29, 1.82) is 0 Å². The summed E-state index contributed by atoms with van der Waals surface area (Å²) in [4.78, 5) is 18.2. The van der Waals surface area contributed by atoms with Gasteiger partial charge in [0.15, 0.2) is 5.78 Å². The molecule has 1 N–H and O–H groups in total. The third kappa shape index (κ3) is 9.23. The lowest BCUT2D eigenvalue weighted by Gasteiger charge is -2.35. The minimum absolute atomic E-state index is 0.0929. The lowest BCUT2D eigenvalue weighted by Crippen LogP contribution is -2.45. The molecule has 1 heterocycles. The minimum Gasteiger partial charge on any atom is -0.368 e. The number of carbonyl (C=O) groups excluding carboxylic acids is 1. The van der Waals surface area contributed by atoms with Gasteiger partial charge in [-0.25, -0.2) is 0 Å². The monoisotopic (exact) mass is 443 g/mol. The van der Waals surface area contributed by atoms with Crippen molar-refractivity contribution in [3.63, 3.8) is 0 Å². The molecule has 1 aromatic carbocycles. The Balaban J connectivity index is 1.77. The Kier molecular flexibility index (Phi) is 13.0. The molecular weight excluding hydrogens is 394 g/mol. The fraction of sp³-hybridized carbons (Fsp3) is 0.750. The van der Waals surface area contributed by atoms with Gasteiger partial charge < -0.3 is 15.1 Å². The van der Waals surface area contributed by atoms with E-state index in [4.69, 9.17) is 0 Å². The van der Waals surface area contributed by atoms with Crippen molar-refractivity contribution in [1.82, 2.24) is 10.2 Å². The molecule has 1 fully saturated rings. The summed E-state index contributed by atoms with van der Waals surface area (Å²) in [5, 5.41) is 3.60. The first-order valence-electron chi connectivity index (χ1n) is 13.4. The number of para-hydroxylation sites is 1. The van der Waals surface area contributed by atoms with Gasteiger partial charge in [0.25, 0.3) is 0 Å². The van der Waals surface area contributed by atoms with Crippen LogP contribution in [-0.4, -0.2) is 56.5 Å². The Morgan fingerprint density at radius 3 is 2.22 bits per heavy atom. The fourth-order valence-corrected chi connectivity index (χ4v) is 4.69. The summed E-state index contributed by atoms with van der Waals surface area (Å²) in [5.74, 6) is 0.867. The van der Waals surface area contributed by atoms with Gasteiger partial charge in [-0.05, 0) is 44.5 Å². The molecule has 0 aromatic heterocycles. The van der Waals surface area contributed by atoms with E-state index in [0.717, 1.165) is 50.4 Å². The highest BCUT2D eigenvalue weighted by molar-refractivity contribution is 6.04. The highest BCUT2D eigenvalue weighted by Gasteiger charge is 2.24. The van der Waals surface area contributed by atoms with Crippen LogP contribution < -0.4 is 10.2 Å².